The molecule has 160 valence electrons. The van der Waals surface area contributed by atoms with Gasteiger partial charge in [-0.2, -0.15) is 0 Å². The molecule has 30 heavy (non-hydrogen) atoms. The van der Waals surface area contributed by atoms with E-state index in [0.717, 1.165) is 6.07 Å². The number of Topliss-reactive ketones (excluding diaryl/α,β-unsaturated/α-hetero) is 1. The highest BCUT2D eigenvalue weighted by Gasteiger charge is 2.25. The van der Waals surface area contributed by atoms with Crippen molar-refractivity contribution >= 4 is 11.7 Å². The molecule has 0 bridgehead atoms. The van der Waals surface area contributed by atoms with E-state index >= 15 is 0 Å². The Morgan fingerprint density at radius 3 is 2.80 bits per heavy atom. The van der Waals surface area contributed by atoms with Crippen LogP contribution in [0.1, 0.15) is 52.6 Å². The molecule has 0 saturated heterocycles. The van der Waals surface area contributed by atoms with E-state index in [2.05, 4.69) is 5.32 Å². The van der Waals surface area contributed by atoms with Crippen LogP contribution >= 0.6 is 0 Å². The number of carbonyl (C=O) groups excluding carboxylic acids is 2. The van der Waals surface area contributed by atoms with Crippen molar-refractivity contribution in [1.82, 2.24) is 9.88 Å². The summed E-state index contributed by atoms with van der Waals surface area (Å²) in [6, 6.07) is 2.92. The first kappa shape index (κ1) is 21.6. The third-order valence-corrected chi connectivity index (χ3v) is 4.87. The summed E-state index contributed by atoms with van der Waals surface area (Å²) in [5.74, 6) is -3.63. The van der Waals surface area contributed by atoms with Gasteiger partial charge in [0, 0.05) is 43.9 Å². The van der Waals surface area contributed by atoms with Crippen LogP contribution in [0.25, 0.3) is 0 Å². The van der Waals surface area contributed by atoms with Gasteiger partial charge < -0.3 is 19.7 Å². The highest BCUT2D eigenvalue weighted by molar-refractivity contribution is 5.99. The quantitative estimate of drug-likeness (QED) is 0.795. The summed E-state index contributed by atoms with van der Waals surface area (Å²) >= 11 is 0. The molecule has 0 spiro atoms. The van der Waals surface area contributed by atoms with Crippen molar-refractivity contribution in [3.05, 3.63) is 63.1 Å². The molecule has 0 unspecified atom stereocenters. The standard InChI is InChI=1S/C21H22F2N2O5/c1-12-10-25-11-15(21(29)24-9-13-5-6-14(22)8-16(13)23)19(27)20(28)18(25)17(26)4-2-3-7-30-12/h5-6,8,11-12,28H,2-4,7,9-10H2,1H3,(H,24,29)/t12-/m1/s1. The summed E-state index contributed by atoms with van der Waals surface area (Å²) in [4.78, 5) is 37.6. The third kappa shape index (κ3) is 4.73. The topological polar surface area (TPSA) is 97.6 Å². The lowest BCUT2D eigenvalue weighted by molar-refractivity contribution is 0.0485. The molecule has 1 aliphatic rings. The van der Waals surface area contributed by atoms with E-state index in [0.29, 0.717) is 25.5 Å². The number of ketones is 1. The summed E-state index contributed by atoms with van der Waals surface area (Å²) in [6.45, 7) is 2.13. The van der Waals surface area contributed by atoms with Crippen LogP contribution in [-0.2, 0) is 17.8 Å². The molecule has 0 aliphatic carbocycles. The van der Waals surface area contributed by atoms with Crippen molar-refractivity contribution in [3.8, 4) is 5.75 Å². The van der Waals surface area contributed by atoms with Gasteiger partial charge in [0.15, 0.2) is 11.5 Å². The van der Waals surface area contributed by atoms with Crippen LogP contribution < -0.4 is 10.7 Å². The van der Waals surface area contributed by atoms with Crippen molar-refractivity contribution in [2.45, 2.75) is 45.4 Å². The average Bonchev–Trinajstić information content (AvgIpc) is 2.69. The average molecular weight is 420 g/mol. The Labute approximate surface area is 171 Å². The zero-order valence-corrected chi connectivity index (χ0v) is 16.4. The predicted molar refractivity (Wildman–Crippen MR) is 103 cm³/mol. The minimum absolute atomic E-state index is 0.0326. The lowest BCUT2D eigenvalue weighted by Crippen LogP contribution is -2.32. The fourth-order valence-electron chi connectivity index (χ4n) is 3.30. The van der Waals surface area contributed by atoms with Gasteiger partial charge in [-0.15, -0.1) is 0 Å². The summed E-state index contributed by atoms with van der Waals surface area (Å²) in [5.41, 5.74) is -1.50. The smallest absolute Gasteiger partial charge is 0.257 e. The molecule has 1 amide bonds. The van der Waals surface area contributed by atoms with Crippen LogP contribution in [0, 0.1) is 11.6 Å². The van der Waals surface area contributed by atoms with Gasteiger partial charge >= 0.3 is 0 Å². The zero-order valence-electron chi connectivity index (χ0n) is 16.4. The second-order valence-electron chi connectivity index (χ2n) is 7.20. The maximum atomic E-state index is 13.8. The van der Waals surface area contributed by atoms with Crippen LogP contribution in [-0.4, -0.2) is 34.1 Å². The number of rotatable bonds is 3. The second kappa shape index (κ2) is 9.17. The molecule has 1 aliphatic heterocycles. The van der Waals surface area contributed by atoms with Crippen LogP contribution in [0.2, 0.25) is 0 Å². The van der Waals surface area contributed by atoms with Crippen molar-refractivity contribution in [1.29, 1.82) is 0 Å². The first-order chi connectivity index (χ1) is 14.3. The molecule has 7 nitrogen and oxygen atoms in total. The number of aromatic nitrogens is 1. The number of nitrogens with zero attached hydrogens (tertiary/aromatic N) is 1. The van der Waals surface area contributed by atoms with Crippen LogP contribution in [0.3, 0.4) is 0 Å². The highest BCUT2D eigenvalue weighted by atomic mass is 19.1. The number of benzene rings is 1. The lowest BCUT2D eigenvalue weighted by atomic mass is 10.1. The number of amides is 1. The normalized spacial score (nSPS) is 17.3. The van der Waals surface area contributed by atoms with Gasteiger partial charge in [-0.3, -0.25) is 14.4 Å². The van der Waals surface area contributed by atoms with Gasteiger partial charge in [-0.05, 0) is 25.8 Å². The predicted octanol–water partition coefficient (Wildman–Crippen LogP) is 2.53. The number of halogens is 2. The molecule has 1 aromatic heterocycles. The third-order valence-electron chi connectivity index (χ3n) is 4.87. The maximum Gasteiger partial charge on any atom is 0.257 e. The molecular weight excluding hydrogens is 398 g/mol. The molecule has 0 fully saturated rings. The summed E-state index contributed by atoms with van der Waals surface area (Å²) < 4.78 is 33.8. The minimum atomic E-state index is -0.989. The van der Waals surface area contributed by atoms with Gasteiger partial charge in [0.05, 0.1) is 6.10 Å². The number of pyridine rings is 1. The Hall–Kier alpha value is -3.07. The Morgan fingerprint density at radius 2 is 2.07 bits per heavy atom. The van der Waals surface area contributed by atoms with Crippen molar-refractivity contribution in [2.75, 3.05) is 6.61 Å². The van der Waals surface area contributed by atoms with E-state index in [-0.39, 0.29) is 42.7 Å². The number of carbonyl (C=O) groups is 2. The molecule has 9 heteroatoms. The Kier molecular flexibility index (Phi) is 6.61. The Balaban J connectivity index is 1.92. The fraction of sp³-hybridized carbons (Fsp3) is 0.381. The van der Waals surface area contributed by atoms with E-state index in [1.807, 2.05) is 0 Å². The first-order valence-corrected chi connectivity index (χ1v) is 9.61. The van der Waals surface area contributed by atoms with E-state index in [4.69, 9.17) is 4.74 Å². The zero-order chi connectivity index (χ0) is 21.8. The number of hydrogen-bond donors (Lipinski definition) is 2. The molecule has 0 saturated carbocycles. The minimum Gasteiger partial charge on any atom is -0.503 e. The van der Waals surface area contributed by atoms with E-state index in [1.165, 1.54) is 16.8 Å². The van der Waals surface area contributed by atoms with E-state index in [9.17, 15) is 28.3 Å². The molecule has 1 aromatic carbocycles. The van der Waals surface area contributed by atoms with Gasteiger partial charge in [0.1, 0.15) is 22.9 Å². The van der Waals surface area contributed by atoms with E-state index in [1.54, 1.807) is 6.92 Å². The van der Waals surface area contributed by atoms with E-state index < -0.39 is 34.3 Å². The monoisotopic (exact) mass is 420 g/mol. The Bertz CT molecular complexity index is 1030. The first-order valence-electron chi connectivity index (χ1n) is 9.61. The largest absolute Gasteiger partial charge is 0.503 e. The van der Waals surface area contributed by atoms with Gasteiger partial charge in [0.2, 0.25) is 5.43 Å². The lowest BCUT2D eigenvalue weighted by Gasteiger charge is -2.21. The van der Waals surface area contributed by atoms with Gasteiger partial charge in [0.25, 0.3) is 5.91 Å². The summed E-state index contributed by atoms with van der Waals surface area (Å²) in [7, 11) is 0. The number of hydrogen-bond acceptors (Lipinski definition) is 5. The van der Waals surface area contributed by atoms with Crippen molar-refractivity contribution < 1.29 is 28.2 Å². The molecule has 2 aromatic rings. The summed E-state index contributed by atoms with van der Waals surface area (Å²) in [5, 5.41) is 12.8. The highest BCUT2D eigenvalue weighted by Crippen LogP contribution is 2.20. The molecule has 2 N–H and O–H groups in total. The Morgan fingerprint density at radius 1 is 1.30 bits per heavy atom. The number of ether oxygens (including phenoxy) is 1. The van der Waals surface area contributed by atoms with Crippen molar-refractivity contribution in [3.63, 3.8) is 0 Å². The number of nitrogens with one attached hydrogen (secondary N) is 1. The summed E-state index contributed by atoms with van der Waals surface area (Å²) in [6.07, 6.45) is 2.25. The maximum absolute atomic E-state index is 13.8. The number of fused-ring (bicyclic) bond motifs is 1. The van der Waals surface area contributed by atoms with Crippen LogP contribution in [0.15, 0.2) is 29.2 Å². The molecule has 3 rings (SSSR count). The molecule has 1 atom stereocenters. The van der Waals surface area contributed by atoms with Crippen LogP contribution in [0.5, 0.6) is 5.75 Å². The molecular formula is C21H22F2N2O5. The molecule has 0 radical (unpaired) electrons. The van der Waals surface area contributed by atoms with Crippen LogP contribution in [0.4, 0.5) is 8.78 Å². The SMILES string of the molecule is C[C@@H]1Cn2cc(C(=O)NCc3ccc(F)cc3F)c(=O)c(O)c2C(=O)CCCCO1. The second-order valence-corrected chi connectivity index (χ2v) is 7.20. The van der Waals surface area contributed by atoms with Gasteiger partial charge in [-0.25, -0.2) is 8.78 Å². The van der Waals surface area contributed by atoms with Gasteiger partial charge in [-0.1, -0.05) is 6.07 Å². The fourth-order valence-corrected chi connectivity index (χ4v) is 3.30. The number of aromatic hydroxyl groups is 1. The van der Waals surface area contributed by atoms with Crippen molar-refractivity contribution in [2.24, 2.45) is 0 Å². The molecule has 2 heterocycles.